The molecule has 2 rings (SSSR count). The van der Waals surface area contributed by atoms with E-state index in [4.69, 9.17) is 4.98 Å². The second-order valence-corrected chi connectivity index (χ2v) is 6.57. The summed E-state index contributed by atoms with van der Waals surface area (Å²) in [7, 11) is 1.88. The van der Waals surface area contributed by atoms with E-state index in [9.17, 15) is 0 Å². The van der Waals surface area contributed by atoms with Crippen LogP contribution in [0.2, 0.25) is 0 Å². The minimum Gasteiger partial charge on any atom is -0.372 e. The van der Waals surface area contributed by atoms with Crippen LogP contribution < -0.4 is 5.32 Å². The van der Waals surface area contributed by atoms with E-state index in [0.29, 0.717) is 11.8 Å². The summed E-state index contributed by atoms with van der Waals surface area (Å²) < 4.78 is 0.947. The average Bonchev–Trinajstić information content (AvgIpc) is 2.47. The molecule has 0 spiro atoms. The van der Waals surface area contributed by atoms with E-state index >= 15 is 0 Å². The van der Waals surface area contributed by atoms with Crippen LogP contribution >= 0.6 is 15.9 Å². The van der Waals surface area contributed by atoms with Crippen LogP contribution in [0.15, 0.2) is 28.7 Å². The molecule has 21 heavy (non-hydrogen) atoms. The Morgan fingerprint density at radius 1 is 0.952 bits per heavy atom. The molecule has 2 aromatic rings. The van der Waals surface area contributed by atoms with Gasteiger partial charge in [-0.15, -0.1) is 0 Å². The van der Waals surface area contributed by atoms with Crippen molar-refractivity contribution < 1.29 is 0 Å². The van der Waals surface area contributed by atoms with Gasteiger partial charge in [-0.2, -0.15) is 0 Å². The highest BCUT2D eigenvalue weighted by Gasteiger charge is 2.15. The molecule has 0 saturated carbocycles. The average molecular weight is 348 g/mol. The molecule has 0 aliphatic heterocycles. The first-order valence-corrected chi connectivity index (χ1v) is 8.08. The first-order chi connectivity index (χ1) is 9.93. The van der Waals surface area contributed by atoms with E-state index in [-0.39, 0.29) is 0 Å². The first kappa shape index (κ1) is 16.0. The van der Waals surface area contributed by atoms with Gasteiger partial charge in [-0.25, -0.2) is 9.97 Å². The van der Waals surface area contributed by atoms with Gasteiger partial charge in [-0.3, -0.25) is 0 Å². The van der Waals surface area contributed by atoms with Crippen molar-refractivity contribution in [2.75, 3.05) is 12.4 Å². The Kier molecular flexibility index (Phi) is 4.99. The minimum absolute atomic E-state index is 0.336. The monoisotopic (exact) mass is 347 g/mol. The predicted octanol–water partition coefficient (Wildman–Crippen LogP) is 5.19. The molecule has 0 amide bonds. The standard InChI is InChI=1S/C17H22BrN3/c1-10(2)12-6-8-13(9-7-12)16-20-15(11(3)4)14(18)17(19-5)21-16/h6-11H,1-5H3,(H,19,20,21). The van der Waals surface area contributed by atoms with Gasteiger partial charge in [0.1, 0.15) is 5.82 Å². The fourth-order valence-electron chi connectivity index (χ4n) is 2.16. The lowest BCUT2D eigenvalue weighted by atomic mass is 10.0. The highest BCUT2D eigenvalue weighted by Crippen LogP contribution is 2.31. The van der Waals surface area contributed by atoms with Gasteiger partial charge in [-0.05, 0) is 33.3 Å². The number of hydrogen-bond donors (Lipinski definition) is 1. The number of nitrogens with zero attached hydrogens (tertiary/aromatic N) is 2. The SMILES string of the molecule is CNc1nc(-c2ccc(C(C)C)cc2)nc(C(C)C)c1Br. The smallest absolute Gasteiger partial charge is 0.161 e. The highest BCUT2D eigenvalue weighted by atomic mass is 79.9. The Bertz CT molecular complexity index is 619. The fraction of sp³-hybridized carbons (Fsp3) is 0.412. The van der Waals surface area contributed by atoms with Gasteiger partial charge in [0.25, 0.3) is 0 Å². The van der Waals surface area contributed by atoms with Gasteiger partial charge >= 0.3 is 0 Å². The maximum absolute atomic E-state index is 4.73. The summed E-state index contributed by atoms with van der Waals surface area (Å²) in [5.41, 5.74) is 3.40. The molecular weight excluding hydrogens is 326 g/mol. The second-order valence-electron chi connectivity index (χ2n) is 5.78. The molecule has 0 radical (unpaired) electrons. The van der Waals surface area contributed by atoms with Gasteiger partial charge < -0.3 is 5.32 Å². The lowest BCUT2D eigenvalue weighted by Gasteiger charge is -2.14. The van der Waals surface area contributed by atoms with Crippen molar-refractivity contribution in [1.82, 2.24) is 9.97 Å². The van der Waals surface area contributed by atoms with Crippen LogP contribution in [0.4, 0.5) is 5.82 Å². The third-order valence-electron chi connectivity index (χ3n) is 3.50. The number of aromatic nitrogens is 2. The van der Waals surface area contributed by atoms with Crippen molar-refractivity contribution in [2.45, 2.75) is 39.5 Å². The Hall–Kier alpha value is -1.42. The van der Waals surface area contributed by atoms with Gasteiger partial charge in [0.15, 0.2) is 5.82 Å². The zero-order valence-corrected chi connectivity index (χ0v) is 14.8. The number of halogens is 1. The third-order valence-corrected chi connectivity index (χ3v) is 4.28. The summed E-state index contributed by atoms with van der Waals surface area (Å²) in [6, 6.07) is 8.50. The van der Waals surface area contributed by atoms with E-state index in [1.54, 1.807) is 0 Å². The maximum Gasteiger partial charge on any atom is 0.161 e. The van der Waals surface area contributed by atoms with Crippen LogP contribution in [0.25, 0.3) is 11.4 Å². The topological polar surface area (TPSA) is 37.8 Å². The Morgan fingerprint density at radius 3 is 2.05 bits per heavy atom. The fourth-order valence-corrected chi connectivity index (χ4v) is 2.99. The maximum atomic E-state index is 4.73. The van der Waals surface area contributed by atoms with Crippen LogP contribution in [0.3, 0.4) is 0 Å². The highest BCUT2D eigenvalue weighted by molar-refractivity contribution is 9.10. The molecule has 4 heteroatoms. The van der Waals surface area contributed by atoms with Gasteiger partial charge in [-0.1, -0.05) is 52.0 Å². The molecule has 0 saturated heterocycles. The van der Waals surface area contributed by atoms with Gasteiger partial charge in [0.05, 0.1) is 10.2 Å². The predicted molar refractivity (Wildman–Crippen MR) is 92.9 cm³/mol. The van der Waals surface area contributed by atoms with E-state index in [1.807, 2.05) is 7.05 Å². The van der Waals surface area contributed by atoms with Crippen molar-refractivity contribution in [1.29, 1.82) is 0 Å². The van der Waals surface area contributed by atoms with Crippen molar-refractivity contribution >= 4 is 21.7 Å². The molecular formula is C17H22BrN3. The van der Waals surface area contributed by atoms with Crippen molar-refractivity contribution in [3.63, 3.8) is 0 Å². The van der Waals surface area contributed by atoms with Crippen molar-refractivity contribution in [2.24, 2.45) is 0 Å². The summed E-state index contributed by atoms with van der Waals surface area (Å²) in [6.07, 6.45) is 0. The zero-order valence-electron chi connectivity index (χ0n) is 13.2. The summed E-state index contributed by atoms with van der Waals surface area (Å²) in [5, 5.41) is 3.13. The summed E-state index contributed by atoms with van der Waals surface area (Å²) in [4.78, 5) is 9.34. The van der Waals surface area contributed by atoms with Crippen LogP contribution in [-0.4, -0.2) is 17.0 Å². The lowest BCUT2D eigenvalue weighted by Crippen LogP contribution is -2.04. The molecule has 1 heterocycles. The molecule has 1 N–H and O–H groups in total. The lowest BCUT2D eigenvalue weighted by molar-refractivity contribution is 0.810. The third kappa shape index (κ3) is 3.43. The molecule has 3 nitrogen and oxygen atoms in total. The quantitative estimate of drug-likeness (QED) is 0.826. The Balaban J connectivity index is 2.50. The molecule has 112 valence electrons. The molecule has 1 aromatic carbocycles. The van der Waals surface area contributed by atoms with Crippen LogP contribution in [0, 0.1) is 0 Å². The molecule has 0 aliphatic rings. The van der Waals surface area contributed by atoms with Crippen molar-refractivity contribution in [3.8, 4) is 11.4 Å². The molecule has 0 bridgehead atoms. The van der Waals surface area contributed by atoms with Crippen LogP contribution in [0.1, 0.15) is 50.8 Å². The second kappa shape index (κ2) is 6.56. The number of hydrogen-bond acceptors (Lipinski definition) is 3. The summed E-state index contributed by atoms with van der Waals surface area (Å²) in [5.74, 6) is 2.46. The number of nitrogens with one attached hydrogen (secondary N) is 1. The summed E-state index contributed by atoms with van der Waals surface area (Å²) in [6.45, 7) is 8.67. The first-order valence-electron chi connectivity index (χ1n) is 7.29. The summed E-state index contributed by atoms with van der Waals surface area (Å²) >= 11 is 3.59. The molecule has 0 atom stereocenters. The van der Waals surface area contributed by atoms with E-state index in [1.165, 1.54) is 5.56 Å². The van der Waals surface area contributed by atoms with Gasteiger partial charge in [0.2, 0.25) is 0 Å². The van der Waals surface area contributed by atoms with E-state index in [2.05, 4.69) is 78.2 Å². The zero-order chi connectivity index (χ0) is 15.6. The number of rotatable bonds is 4. The molecule has 1 aromatic heterocycles. The van der Waals surface area contributed by atoms with E-state index in [0.717, 1.165) is 27.4 Å². The van der Waals surface area contributed by atoms with Gasteiger partial charge in [0, 0.05) is 12.6 Å². The Morgan fingerprint density at radius 2 is 1.57 bits per heavy atom. The normalized spacial score (nSPS) is 11.2. The van der Waals surface area contributed by atoms with Crippen LogP contribution in [0.5, 0.6) is 0 Å². The van der Waals surface area contributed by atoms with Crippen molar-refractivity contribution in [3.05, 3.63) is 40.0 Å². The minimum atomic E-state index is 0.336. The Labute approximate surface area is 135 Å². The number of anilines is 1. The molecule has 0 unspecified atom stereocenters. The largest absolute Gasteiger partial charge is 0.372 e. The van der Waals surface area contributed by atoms with Crippen LogP contribution in [-0.2, 0) is 0 Å². The number of benzene rings is 1. The van der Waals surface area contributed by atoms with E-state index < -0.39 is 0 Å². The molecule has 0 fully saturated rings. The molecule has 0 aliphatic carbocycles.